The second-order valence-corrected chi connectivity index (χ2v) is 6.66. The van der Waals surface area contributed by atoms with Crippen molar-refractivity contribution < 1.29 is 4.52 Å². The van der Waals surface area contributed by atoms with Gasteiger partial charge in [0.2, 0.25) is 5.82 Å². The fourth-order valence-electron chi connectivity index (χ4n) is 3.23. The Morgan fingerprint density at radius 1 is 0.800 bits per heavy atom. The zero-order chi connectivity index (χ0) is 20.3. The van der Waals surface area contributed by atoms with Gasteiger partial charge in [-0.25, -0.2) is 0 Å². The molecule has 0 radical (unpaired) electrons. The molecule has 3 aromatic heterocycles. The fourth-order valence-corrected chi connectivity index (χ4v) is 3.23. The van der Waals surface area contributed by atoms with Crippen LogP contribution in [0.3, 0.4) is 0 Å². The van der Waals surface area contributed by atoms with Crippen LogP contribution in [0, 0.1) is 0 Å². The molecule has 0 amide bonds. The van der Waals surface area contributed by atoms with Crippen LogP contribution in [0.25, 0.3) is 39.8 Å². The highest BCUT2D eigenvalue weighted by atomic mass is 16.5. The second kappa shape index (κ2) is 7.60. The van der Waals surface area contributed by atoms with Crippen molar-refractivity contribution in [2.24, 2.45) is 0 Å². The molecule has 0 aliphatic carbocycles. The van der Waals surface area contributed by atoms with Gasteiger partial charge in [-0.2, -0.15) is 4.98 Å². The Bertz CT molecular complexity index is 1340. The average Bonchev–Trinajstić information content (AvgIpc) is 3.31. The largest absolute Gasteiger partial charge is 0.333 e. The van der Waals surface area contributed by atoms with E-state index in [1.165, 1.54) is 0 Å². The molecule has 0 bridgehead atoms. The molecule has 0 fully saturated rings. The quantitative estimate of drug-likeness (QED) is 0.446. The summed E-state index contributed by atoms with van der Waals surface area (Å²) in [6.45, 7) is 0. The Hall–Kier alpha value is -4.32. The van der Waals surface area contributed by atoms with Crippen LogP contribution in [0.1, 0.15) is 0 Å². The molecular formula is C24H16N4O2. The van der Waals surface area contributed by atoms with Gasteiger partial charge in [-0.3, -0.25) is 14.3 Å². The predicted molar refractivity (Wildman–Crippen MR) is 114 cm³/mol. The maximum atomic E-state index is 13.3. The molecule has 2 aromatic carbocycles. The van der Waals surface area contributed by atoms with E-state index in [-0.39, 0.29) is 11.4 Å². The van der Waals surface area contributed by atoms with Crippen molar-refractivity contribution in [3.63, 3.8) is 0 Å². The molecule has 144 valence electrons. The van der Waals surface area contributed by atoms with Gasteiger partial charge in [-0.15, -0.1) is 0 Å². The molecule has 6 heteroatoms. The third kappa shape index (κ3) is 3.31. The zero-order valence-corrected chi connectivity index (χ0v) is 15.8. The van der Waals surface area contributed by atoms with Crippen molar-refractivity contribution >= 4 is 0 Å². The number of pyridine rings is 2. The molecule has 0 unspecified atom stereocenters. The Morgan fingerprint density at radius 2 is 1.53 bits per heavy atom. The molecule has 0 aliphatic rings. The standard InChI is InChI=1S/C24H16N4O2/c29-24-20(23-26-22(27-30-23)17-9-3-1-4-10-17)15-18(21-13-7-8-14-25-21)16-28(24)19-11-5-2-6-12-19/h1-16H. The summed E-state index contributed by atoms with van der Waals surface area (Å²) >= 11 is 0. The van der Waals surface area contributed by atoms with E-state index < -0.39 is 0 Å². The molecule has 0 atom stereocenters. The minimum atomic E-state index is -0.246. The summed E-state index contributed by atoms with van der Waals surface area (Å²) in [5, 5.41) is 4.06. The molecule has 5 aromatic rings. The molecule has 0 spiro atoms. The lowest BCUT2D eigenvalue weighted by Gasteiger charge is -2.10. The van der Waals surface area contributed by atoms with E-state index >= 15 is 0 Å². The number of aromatic nitrogens is 4. The van der Waals surface area contributed by atoms with Crippen LogP contribution >= 0.6 is 0 Å². The number of hydrogen-bond donors (Lipinski definition) is 0. The van der Waals surface area contributed by atoms with Crippen molar-refractivity contribution in [3.8, 4) is 39.8 Å². The SMILES string of the molecule is O=c1c(-c2nc(-c3ccccc3)no2)cc(-c2ccccn2)cn1-c1ccccc1. The maximum absolute atomic E-state index is 13.3. The first-order chi connectivity index (χ1) is 14.8. The van der Waals surface area contributed by atoms with Crippen molar-refractivity contribution in [1.82, 2.24) is 19.7 Å². The van der Waals surface area contributed by atoms with Crippen LogP contribution in [0.5, 0.6) is 0 Å². The zero-order valence-electron chi connectivity index (χ0n) is 15.8. The lowest BCUT2D eigenvalue weighted by molar-refractivity contribution is 0.431. The van der Waals surface area contributed by atoms with Gasteiger partial charge in [0.05, 0.1) is 5.69 Å². The molecule has 6 nitrogen and oxygen atoms in total. The lowest BCUT2D eigenvalue weighted by atomic mass is 10.1. The minimum absolute atomic E-state index is 0.168. The molecular weight excluding hydrogens is 376 g/mol. The number of benzene rings is 2. The van der Waals surface area contributed by atoms with Gasteiger partial charge in [-0.1, -0.05) is 59.8 Å². The van der Waals surface area contributed by atoms with E-state index in [4.69, 9.17) is 4.52 Å². The topological polar surface area (TPSA) is 73.8 Å². The lowest BCUT2D eigenvalue weighted by Crippen LogP contribution is -2.20. The van der Waals surface area contributed by atoms with E-state index in [9.17, 15) is 4.79 Å². The van der Waals surface area contributed by atoms with Gasteiger partial charge in [-0.05, 0) is 30.3 Å². The predicted octanol–water partition coefficient (Wildman–Crippen LogP) is 4.62. The normalized spacial score (nSPS) is 10.8. The first kappa shape index (κ1) is 17.8. The number of nitrogens with zero attached hydrogens (tertiary/aromatic N) is 4. The second-order valence-electron chi connectivity index (χ2n) is 6.66. The van der Waals surface area contributed by atoms with Crippen LogP contribution < -0.4 is 5.56 Å². The van der Waals surface area contributed by atoms with Gasteiger partial charge >= 0.3 is 0 Å². The highest BCUT2D eigenvalue weighted by Gasteiger charge is 2.18. The van der Waals surface area contributed by atoms with Gasteiger partial charge in [0.15, 0.2) is 0 Å². The van der Waals surface area contributed by atoms with Crippen LogP contribution in [0.15, 0.2) is 107 Å². The van der Waals surface area contributed by atoms with Crippen molar-refractivity contribution in [3.05, 3.63) is 108 Å². The first-order valence-corrected chi connectivity index (χ1v) is 9.42. The summed E-state index contributed by atoms with van der Waals surface area (Å²) < 4.78 is 7.05. The third-order valence-electron chi connectivity index (χ3n) is 4.70. The smallest absolute Gasteiger partial charge is 0.267 e. The summed E-state index contributed by atoms with van der Waals surface area (Å²) in [4.78, 5) is 22.2. The Morgan fingerprint density at radius 3 is 2.27 bits per heavy atom. The highest BCUT2D eigenvalue weighted by molar-refractivity contribution is 5.67. The van der Waals surface area contributed by atoms with Crippen LogP contribution in [-0.4, -0.2) is 19.7 Å². The molecule has 30 heavy (non-hydrogen) atoms. The van der Waals surface area contributed by atoms with Gasteiger partial charge in [0.25, 0.3) is 11.4 Å². The Labute approximate surface area is 172 Å². The molecule has 0 saturated carbocycles. The number of rotatable bonds is 4. The van der Waals surface area contributed by atoms with Gasteiger partial charge in [0, 0.05) is 29.2 Å². The van der Waals surface area contributed by atoms with Crippen molar-refractivity contribution in [1.29, 1.82) is 0 Å². The summed E-state index contributed by atoms with van der Waals surface area (Å²) in [5.41, 5.74) is 3.14. The van der Waals surface area contributed by atoms with Crippen molar-refractivity contribution in [2.75, 3.05) is 0 Å². The third-order valence-corrected chi connectivity index (χ3v) is 4.70. The number of para-hydroxylation sites is 1. The molecule has 5 rings (SSSR count). The van der Waals surface area contributed by atoms with Gasteiger partial charge < -0.3 is 4.52 Å². The molecule has 0 saturated heterocycles. The Kier molecular flexibility index (Phi) is 4.50. The minimum Gasteiger partial charge on any atom is -0.333 e. The monoisotopic (exact) mass is 392 g/mol. The van der Waals surface area contributed by atoms with Gasteiger partial charge in [0.1, 0.15) is 5.56 Å². The summed E-state index contributed by atoms with van der Waals surface area (Å²) in [6, 6.07) is 26.3. The average molecular weight is 392 g/mol. The van der Waals surface area contributed by atoms with E-state index in [0.717, 1.165) is 22.5 Å². The molecule has 0 aliphatic heterocycles. The van der Waals surface area contributed by atoms with E-state index in [1.807, 2.05) is 78.9 Å². The van der Waals surface area contributed by atoms with Crippen molar-refractivity contribution in [2.45, 2.75) is 0 Å². The fraction of sp³-hybridized carbons (Fsp3) is 0. The van der Waals surface area contributed by atoms with Crippen LogP contribution in [0.4, 0.5) is 0 Å². The first-order valence-electron chi connectivity index (χ1n) is 9.42. The summed E-state index contributed by atoms with van der Waals surface area (Å²) in [6.07, 6.45) is 3.49. The number of hydrogen-bond acceptors (Lipinski definition) is 5. The highest BCUT2D eigenvalue weighted by Crippen LogP contribution is 2.25. The van der Waals surface area contributed by atoms with Crippen LogP contribution in [-0.2, 0) is 0 Å². The summed E-state index contributed by atoms with van der Waals surface area (Å²) in [7, 11) is 0. The van der Waals surface area contributed by atoms with Crippen LogP contribution in [0.2, 0.25) is 0 Å². The maximum Gasteiger partial charge on any atom is 0.267 e. The van der Waals surface area contributed by atoms with E-state index in [0.29, 0.717) is 11.4 Å². The molecule has 0 N–H and O–H groups in total. The van der Waals surface area contributed by atoms with E-state index in [1.54, 1.807) is 23.0 Å². The summed E-state index contributed by atoms with van der Waals surface area (Å²) in [5.74, 6) is 0.598. The molecule has 3 heterocycles. The Balaban J connectivity index is 1.70. The van der Waals surface area contributed by atoms with E-state index in [2.05, 4.69) is 15.1 Å².